The van der Waals surface area contributed by atoms with Crippen LogP contribution in [0.3, 0.4) is 0 Å². The molecule has 1 fully saturated rings. The Morgan fingerprint density at radius 3 is 2.77 bits per heavy atom. The number of nitrogens with two attached hydrogens (primary N) is 1. The lowest BCUT2D eigenvalue weighted by Crippen LogP contribution is -2.87. The number of rotatable bonds is 6. The van der Waals surface area contributed by atoms with Gasteiger partial charge in [0.25, 0.3) is 5.91 Å². The van der Waals surface area contributed by atoms with E-state index in [0.29, 0.717) is 5.56 Å². The van der Waals surface area contributed by atoms with E-state index in [4.69, 9.17) is 0 Å². The lowest BCUT2D eigenvalue weighted by Gasteiger charge is -2.22. The smallest absolute Gasteiger partial charge is 0.276 e. The molecule has 1 aromatic rings. The fourth-order valence-electron chi connectivity index (χ4n) is 2.50. The van der Waals surface area contributed by atoms with Crippen LogP contribution in [0.2, 0.25) is 0 Å². The van der Waals surface area contributed by atoms with E-state index in [0.717, 1.165) is 18.9 Å². The molecular formula is C16H20F2N3O+. The number of amides is 1. The molecule has 22 heavy (non-hydrogen) atoms. The number of nitrogens with one attached hydrogen (secondary N) is 1. The van der Waals surface area contributed by atoms with Gasteiger partial charge in [-0.05, 0) is 44.7 Å². The first-order valence-electron chi connectivity index (χ1n) is 7.36. The molecule has 1 amide bonds. The van der Waals surface area contributed by atoms with Crippen molar-refractivity contribution < 1.29 is 18.9 Å². The van der Waals surface area contributed by atoms with Gasteiger partial charge in [-0.25, -0.2) is 8.78 Å². The second-order valence-corrected chi connectivity index (χ2v) is 6.03. The summed E-state index contributed by atoms with van der Waals surface area (Å²) < 4.78 is 26.5. The Labute approximate surface area is 128 Å². The highest BCUT2D eigenvalue weighted by molar-refractivity contribution is 5.78. The van der Waals surface area contributed by atoms with Crippen molar-refractivity contribution in [3.8, 4) is 6.07 Å². The topological polar surface area (TPSA) is 69.5 Å². The summed E-state index contributed by atoms with van der Waals surface area (Å²) in [5, 5.41) is 13.6. The van der Waals surface area contributed by atoms with E-state index in [2.05, 4.69) is 11.4 Å². The number of nitrogens with zero attached hydrogens (tertiary/aromatic N) is 1. The molecule has 4 nitrogen and oxygen atoms in total. The average molecular weight is 308 g/mol. The fraction of sp³-hybridized carbons (Fsp3) is 0.500. The molecule has 3 N–H and O–H groups in total. The van der Waals surface area contributed by atoms with Crippen molar-refractivity contribution in [1.29, 1.82) is 5.26 Å². The summed E-state index contributed by atoms with van der Waals surface area (Å²) in [7, 11) is 0. The first-order valence-corrected chi connectivity index (χ1v) is 7.36. The predicted molar refractivity (Wildman–Crippen MR) is 76.5 cm³/mol. The van der Waals surface area contributed by atoms with Crippen molar-refractivity contribution in [3.05, 3.63) is 35.4 Å². The summed E-state index contributed by atoms with van der Waals surface area (Å²) in [6.07, 6.45) is 1.90. The van der Waals surface area contributed by atoms with Gasteiger partial charge in [-0.3, -0.25) is 4.79 Å². The summed E-state index contributed by atoms with van der Waals surface area (Å²) in [5.41, 5.74) is -0.477. The molecule has 1 aliphatic rings. The molecule has 118 valence electrons. The normalized spacial score (nSPS) is 18.1. The molecule has 0 heterocycles. The van der Waals surface area contributed by atoms with Gasteiger partial charge < -0.3 is 10.6 Å². The molecule has 1 saturated carbocycles. The maximum atomic E-state index is 13.7. The van der Waals surface area contributed by atoms with Gasteiger partial charge in [0, 0.05) is 11.6 Å². The SMILES string of the molecule is C[C@H]([NH2+]CC(=O)N[C@](C)(C#N)C1CC1)c1ccc(F)cc1F. The Bertz CT molecular complexity index is 610. The maximum Gasteiger partial charge on any atom is 0.276 e. The third-order valence-corrected chi connectivity index (χ3v) is 4.14. The van der Waals surface area contributed by atoms with Crippen molar-refractivity contribution in [1.82, 2.24) is 5.32 Å². The van der Waals surface area contributed by atoms with Gasteiger partial charge in [-0.2, -0.15) is 5.26 Å². The van der Waals surface area contributed by atoms with Gasteiger partial charge in [0.1, 0.15) is 23.2 Å². The zero-order valence-electron chi connectivity index (χ0n) is 12.7. The third-order valence-electron chi connectivity index (χ3n) is 4.14. The van der Waals surface area contributed by atoms with Crippen molar-refractivity contribution in [2.75, 3.05) is 6.54 Å². The Morgan fingerprint density at radius 2 is 2.23 bits per heavy atom. The lowest BCUT2D eigenvalue weighted by molar-refractivity contribution is -0.682. The number of carbonyl (C=O) groups excluding carboxylic acids is 1. The zero-order valence-corrected chi connectivity index (χ0v) is 12.7. The van der Waals surface area contributed by atoms with E-state index in [1.54, 1.807) is 19.2 Å². The van der Waals surface area contributed by atoms with Crippen molar-refractivity contribution >= 4 is 5.91 Å². The van der Waals surface area contributed by atoms with Crippen LogP contribution in [0.5, 0.6) is 0 Å². The standard InChI is InChI=1S/C16H19F2N3O/c1-10(13-6-5-12(17)7-14(13)18)20-8-15(22)21-16(2,9-19)11-3-4-11/h5-7,10-11,20H,3-4,8H2,1-2H3,(H,21,22)/p+1/t10-,16+/m0/s1. The van der Waals surface area contributed by atoms with Crippen LogP contribution in [0.15, 0.2) is 18.2 Å². The van der Waals surface area contributed by atoms with E-state index in [-0.39, 0.29) is 24.4 Å². The Morgan fingerprint density at radius 1 is 1.55 bits per heavy atom. The van der Waals surface area contributed by atoms with Gasteiger partial charge in [-0.1, -0.05) is 0 Å². The zero-order chi connectivity index (χ0) is 16.3. The summed E-state index contributed by atoms with van der Waals surface area (Å²) in [6, 6.07) is 5.25. The monoisotopic (exact) mass is 308 g/mol. The number of nitriles is 1. The van der Waals surface area contributed by atoms with Crippen LogP contribution in [0.1, 0.15) is 38.3 Å². The number of quaternary nitrogens is 1. The van der Waals surface area contributed by atoms with Crippen molar-refractivity contribution in [2.45, 2.75) is 38.3 Å². The first kappa shape index (κ1) is 16.4. The Hall–Kier alpha value is -2.00. The third kappa shape index (κ3) is 3.80. The van der Waals surface area contributed by atoms with E-state index in [1.165, 1.54) is 12.1 Å². The molecule has 2 atom stereocenters. The minimum absolute atomic E-state index is 0.0853. The van der Waals surface area contributed by atoms with Crippen LogP contribution in [-0.4, -0.2) is 18.0 Å². The van der Waals surface area contributed by atoms with E-state index in [9.17, 15) is 18.8 Å². The van der Waals surface area contributed by atoms with Crippen molar-refractivity contribution in [2.24, 2.45) is 5.92 Å². The minimum Gasteiger partial charge on any atom is -0.333 e. The Kier molecular flexibility index (Phi) is 4.77. The Balaban J connectivity index is 1.89. The first-order chi connectivity index (χ1) is 10.4. The molecule has 6 heteroatoms. The van der Waals surface area contributed by atoms with Crippen LogP contribution in [0, 0.1) is 28.9 Å². The van der Waals surface area contributed by atoms with Crippen molar-refractivity contribution in [3.63, 3.8) is 0 Å². The van der Waals surface area contributed by atoms with Gasteiger partial charge in [0.05, 0.1) is 6.07 Å². The second kappa shape index (κ2) is 6.41. The highest BCUT2D eigenvalue weighted by atomic mass is 19.1. The highest BCUT2D eigenvalue weighted by Gasteiger charge is 2.43. The second-order valence-electron chi connectivity index (χ2n) is 6.03. The van der Waals surface area contributed by atoms with E-state index < -0.39 is 17.2 Å². The summed E-state index contributed by atoms with van der Waals surface area (Å²) >= 11 is 0. The number of hydrogen-bond donors (Lipinski definition) is 2. The molecule has 0 spiro atoms. The molecule has 0 saturated heterocycles. The number of hydrogen-bond acceptors (Lipinski definition) is 2. The quantitative estimate of drug-likeness (QED) is 0.834. The number of halogens is 2. The summed E-state index contributed by atoms with van der Waals surface area (Å²) in [5.74, 6) is -1.29. The van der Waals surface area contributed by atoms with Crippen LogP contribution in [0.4, 0.5) is 8.78 Å². The molecule has 2 rings (SSSR count). The summed E-state index contributed by atoms with van der Waals surface area (Å²) in [6.45, 7) is 3.56. The van der Waals surface area contributed by atoms with Crippen LogP contribution >= 0.6 is 0 Å². The maximum absolute atomic E-state index is 13.7. The molecule has 1 aromatic carbocycles. The van der Waals surface area contributed by atoms with Gasteiger partial charge in [0.15, 0.2) is 6.54 Å². The van der Waals surface area contributed by atoms with Gasteiger partial charge in [0.2, 0.25) is 0 Å². The highest BCUT2D eigenvalue weighted by Crippen LogP contribution is 2.39. The minimum atomic E-state index is -0.824. The molecule has 0 aliphatic heterocycles. The van der Waals surface area contributed by atoms with Crippen LogP contribution in [-0.2, 0) is 4.79 Å². The largest absolute Gasteiger partial charge is 0.333 e. The van der Waals surface area contributed by atoms with E-state index >= 15 is 0 Å². The number of benzene rings is 1. The van der Waals surface area contributed by atoms with Crippen LogP contribution in [0.25, 0.3) is 0 Å². The van der Waals surface area contributed by atoms with Gasteiger partial charge in [-0.15, -0.1) is 0 Å². The molecule has 0 bridgehead atoms. The molecular weight excluding hydrogens is 288 g/mol. The van der Waals surface area contributed by atoms with E-state index in [1.807, 2.05) is 0 Å². The average Bonchev–Trinajstić information content (AvgIpc) is 3.29. The predicted octanol–water partition coefficient (Wildman–Crippen LogP) is 1.40. The molecule has 0 aromatic heterocycles. The fourth-order valence-corrected chi connectivity index (χ4v) is 2.50. The van der Waals surface area contributed by atoms with Crippen LogP contribution < -0.4 is 10.6 Å². The lowest BCUT2D eigenvalue weighted by atomic mass is 9.98. The molecule has 0 radical (unpaired) electrons. The van der Waals surface area contributed by atoms with Gasteiger partial charge >= 0.3 is 0 Å². The number of carbonyl (C=O) groups is 1. The molecule has 0 unspecified atom stereocenters. The summed E-state index contributed by atoms with van der Waals surface area (Å²) in [4.78, 5) is 12.0. The molecule has 1 aliphatic carbocycles.